The highest BCUT2D eigenvalue weighted by Crippen LogP contribution is 2.46. The molecule has 0 atom stereocenters. The van der Waals surface area contributed by atoms with Crippen LogP contribution in [0.15, 0.2) is 51.6 Å². The van der Waals surface area contributed by atoms with Crippen LogP contribution in [0, 0.1) is 5.92 Å². The number of esters is 1. The maximum Gasteiger partial charge on any atom is 0.422 e. The molecule has 8 nitrogen and oxygen atoms in total. The minimum Gasteiger partial charge on any atom is -0.460 e. The van der Waals surface area contributed by atoms with Gasteiger partial charge in [-0.2, -0.15) is 13.2 Å². The van der Waals surface area contributed by atoms with Crippen molar-refractivity contribution in [3.63, 3.8) is 0 Å². The molecule has 4 heterocycles. The van der Waals surface area contributed by atoms with Gasteiger partial charge in [0, 0.05) is 37.0 Å². The normalized spacial score (nSPS) is 15.8. The van der Waals surface area contributed by atoms with E-state index in [1.54, 1.807) is 12.1 Å². The second-order valence-corrected chi connectivity index (χ2v) is 11.2. The van der Waals surface area contributed by atoms with E-state index in [1.165, 1.54) is 12.3 Å². The molecule has 2 aliphatic rings. The Balaban J connectivity index is 1.23. The monoisotopic (exact) mass is 552 g/mol. The van der Waals surface area contributed by atoms with Gasteiger partial charge in [-0.3, -0.25) is 14.7 Å². The Labute approximate surface area is 228 Å². The fourth-order valence-corrected chi connectivity index (χ4v) is 5.25. The van der Waals surface area contributed by atoms with Crippen LogP contribution in [0.1, 0.15) is 43.0 Å². The predicted octanol–water partition coefficient (Wildman–Crippen LogP) is 5.95. The number of alkyl halides is 3. The summed E-state index contributed by atoms with van der Waals surface area (Å²) in [5.41, 5.74) is 2.11. The van der Waals surface area contributed by atoms with Crippen LogP contribution in [0.3, 0.4) is 0 Å². The second-order valence-electron chi connectivity index (χ2n) is 11.2. The summed E-state index contributed by atoms with van der Waals surface area (Å²) in [5, 5.41) is 7.86. The number of fused-ring (bicyclic) bond motifs is 3. The lowest BCUT2D eigenvalue weighted by molar-refractivity contribution is -0.166. The van der Waals surface area contributed by atoms with Crippen molar-refractivity contribution >= 4 is 5.97 Å². The zero-order valence-corrected chi connectivity index (χ0v) is 22.2. The van der Waals surface area contributed by atoms with Crippen molar-refractivity contribution in [2.75, 3.05) is 13.1 Å². The minimum absolute atomic E-state index is 0.0516. The largest absolute Gasteiger partial charge is 0.460 e. The van der Waals surface area contributed by atoms with Crippen LogP contribution in [0.5, 0.6) is 0 Å². The Morgan fingerprint density at radius 2 is 1.77 bits per heavy atom. The lowest BCUT2D eigenvalue weighted by atomic mass is 9.87. The van der Waals surface area contributed by atoms with Crippen LogP contribution in [0.4, 0.5) is 13.2 Å². The molecule has 40 heavy (non-hydrogen) atoms. The van der Waals surface area contributed by atoms with E-state index in [1.807, 2.05) is 32.9 Å². The van der Waals surface area contributed by atoms with Gasteiger partial charge in [0.2, 0.25) is 11.5 Å². The third kappa shape index (κ3) is 4.90. The summed E-state index contributed by atoms with van der Waals surface area (Å²) in [7, 11) is 0. The summed E-state index contributed by atoms with van der Waals surface area (Å²) in [4.78, 5) is 18.4. The highest BCUT2D eigenvalue weighted by Gasteiger charge is 2.44. The van der Waals surface area contributed by atoms with Crippen LogP contribution in [-0.4, -0.2) is 44.9 Å². The summed E-state index contributed by atoms with van der Waals surface area (Å²) in [5.74, 6) is -0.861. The molecule has 0 unspecified atom stereocenters. The van der Waals surface area contributed by atoms with Crippen molar-refractivity contribution in [2.45, 2.75) is 51.9 Å². The van der Waals surface area contributed by atoms with E-state index >= 15 is 0 Å². The van der Waals surface area contributed by atoms with E-state index < -0.39 is 28.8 Å². The van der Waals surface area contributed by atoms with E-state index in [2.05, 4.69) is 26.3 Å². The maximum absolute atomic E-state index is 14.2. The minimum atomic E-state index is -4.75. The van der Waals surface area contributed by atoms with Gasteiger partial charge in [0.15, 0.2) is 0 Å². The van der Waals surface area contributed by atoms with E-state index in [9.17, 15) is 18.0 Å². The Morgan fingerprint density at radius 1 is 1.02 bits per heavy atom. The molecular formula is C29H27F3N4O4. The summed E-state index contributed by atoms with van der Waals surface area (Å²) in [6.45, 7) is 7.55. The fraction of sp³-hybridized carbons (Fsp3) is 0.379. The third-order valence-electron chi connectivity index (χ3n) is 7.05. The maximum atomic E-state index is 14.2. The molecule has 0 saturated carbocycles. The highest BCUT2D eigenvalue weighted by molar-refractivity contribution is 5.78. The Kier molecular flexibility index (Phi) is 6.29. The van der Waals surface area contributed by atoms with Crippen molar-refractivity contribution in [3.8, 4) is 34.2 Å². The van der Waals surface area contributed by atoms with Gasteiger partial charge in [0.05, 0.1) is 11.6 Å². The smallest absolute Gasteiger partial charge is 0.422 e. The first-order valence-corrected chi connectivity index (χ1v) is 13.0. The van der Waals surface area contributed by atoms with Crippen LogP contribution in [0.25, 0.3) is 34.2 Å². The lowest BCUT2D eigenvalue weighted by Gasteiger charge is -2.39. The van der Waals surface area contributed by atoms with Gasteiger partial charge in [-0.15, -0.1) is 0 Å². The van der Waals surface area contributed by atoms with Crippen molar-refractivity contribution in [2.24, 2.45) is 5.92 Å². The van der Waals surface area contributed by atoms with E-state index in [0.717, 1.165) is 16.7 Å². The van der Waals surface area contributed by atoms with Gasteiger partial charge in [-0.05, 0) is 56.9 Å². The molecular weight excluding hydrogens is 525 g/mol. The number of aromatic nitrogens is 3. The van der Waals surface area contributed by atoms with E-state index in [0.29, 0.717) is 43.7 Å². The molecule has 6 rings (SSSR count). The van der Waals surface area contributed by atoms with Crippen LogP contribution in [0.2, 0.25) is 0 Å². The second kappa shape index (κ2) is 9.58. The molecule has 208 valence electrons. The number of pyridine rings is 1. The molecule has 0 bridgehead atoms. The molecule has 1 aromatic carbocycles. The molecule has 1 saturated heterocycles. The molecule has 1 fully saturated rings. The predicted molar refractivity (Wildman–Crippen MR) is 138 cm³/mol. The number of rotatable bonds is 5. The molecule has 0 radical (unpaired) electrons. The highest BCUT2D eigenvalue weighted by atomic mass is 19.4. The number of halogens is 3. The number of carbonyl (C=O) groups is 1. The first-order valence-electron chi connectivity index (χ1n) is 13.0. The number of carbonyl (C=O) groups excluding carboxylic acids is 1. The SMILES string of the molecule is CC(C)(C)OC(=O)C1CN(Cc2ccc3c(c2)CCc2c-3noc2-c2onc(-c3ccccn3)c2C(F)(F)F)C1. The first kappa shape index (κ1) is 26.2. The number of ether oxygens (including phenoxy) is 1. The average Bonchev–Trinajstić information content (AvgIpc) is 3.49. The quantitative estimate of drug-likeness (QED) is 0.281. The summed E-state index contributed by atoms with van der Waals surface area (Å²) in [6, 6.07) is 10.6. The molecule has 4 aromatic rings. The van der Waals surface area contributed by atoms with Gasteiger partial charge in [0.25, 0.3) is 0 Å². The average molecular weight is 553 g/mol. The van der Waals surface area contributed by atoms with Gasteiger partial charge < -0.3 is 13.8 Å². The number of hydrogen-bond donors (Lipinski definition) is 0. The van der Waals surface area contributed by atoms with Crippen molar-refractivity contribution in [1.29, 1.82) is 0 Å². The fourth-order valence-electron chi connectivity index (χ4n) is 5.25. The molecule has 0 spiro atoms. The number of aryl methyl sites for hydroxylation is 1. The zero-order chi connectivity index (χ0) is 28.2. The van der Waals surface area contributed by atoms with Crippen molar-refractivity contribution < 1.29 is 31.7 Å². The Morgan fingerprint density at radius 3 is 2.48 bits per heavy atom. The standard InChI is InChI=1S/C29H27F3N4O4/c1-28(2,3)38-27(37)18-14-36(15-18)13-16-7-9-19-17(12-16)8-10-20-23(19)34-39-25(20)26-22(29(30,31)32)24(35-40-26)21-6-4-5-11-33-21/h4-7,9,11-12,18H,8,10,13-15H2,1-3H3. The molecule has 0 amide bonds. The van der Waals surface area contributed by atoms with Crippen LogP contribution >= 0.6 is 0 Å². The Hall–Kier alpha value is -3.99. The van der Waals surface area contributed by atoms with Gasteiger partial charge >= 0.3 is 12.1 Å². The first-order chi connectivity index (χ1) is 19.0. The lowest BCUT2D eigenvalue weighted by Crippen LogP contribution is -2.51. The van der Waals surface area contributed by atoms with Crippen molar-refractivity contribution in [3.05, 3.63) is 64.8 Å². The summed E-state index contributed by atoms with van der Waals surface area (Å²) in [6.07, 6.45) is -2.31. The molecule has 1 aliphatic carbocycles. The molecule has 1 aliphatic heterocycles. The van der Waals surface area contributed by atoms with E-state index in [-0.39, 0.29) is 23.3 Å². The number of likely N-dealkylation sites (tertiary alicyclic amines) is 1. The zero-order valence-electron chi connectivity index (χ0n) is 22.2. The molecule has 3 aromatic heterocycles. The third-order valence-corrected chi connectivity index (χ3v) is 7.05. The number of nitrogens with zero attached hydrogens (tertiary/aromatic N) is 4. The number of benzene rings is 1. The number of hydrogen-bond acceptors (Lipinski definition) is 8. The van der Waals surface area contributed by atoms with Crippen LogP contribution in [-0.2, 0) is 35.1 Å². The Bertz CT molecular complexity index is 1560. The van der Waals surface area contributed by atoms with Crippen molar-refractivity contribution in [1.82, 2.24) is 20.2 Å². The van der Waals surface area contributed by atoms with E-state index in [4.69, 9.17) is 13.8 Å². The van der Waals surface area contributed by atoms with Gasteiger partial charge in [-0.25, -0.2) is 0 Å². The topological polar surface area (TPSA) is 94.5 Å². The van der Waals surface area contributed by atoms with Crippen LogP contribution < -0.4 is 0 Å². The summed E-state index contributed by atoms with van der Waals surface area (Å²) < 4.78 is 58.8. The molecule has 0 N–H and O–H groups in total. The molecule has 11 heteroatoms. The van der Waals surface area contributed by atoms with Gasteiger partial charge in [-0.1, -0.05) is 34.6 Å². The summed E-state index contributed by atoms with van der Waals surface area (Å²) >= 11 is 0. The van der Waals surface area contributed by atoms with Gasteiger partial charge in [0.1, 0.15) is 22.6 Å².